The molecule has 1 aromatic heterocycles. The first-order valence-electron chi connectivity index (χ1n) is 5.22. The Bertz CT molecular complexity index is 495. The van der Waals surface area contributed by atoms with Gasteiger partial charge in [0.2, 0.25) is 0 Å². The Balaban J connectivity index is 1.96. The van der Waals surface area contributed by atoms with Crippen molar-refractivity contribution in [3.63, 3.8) is 0 Å². The third-order valence-corrected chi connectivity index (χ3v) is 2.31. The number of hydrogen-bond donors (Lipinski definition) is 2. The smallest absolute Gasteiger partial charge is 0.251 e. The van der Waals surface area contributed by atoms with Crippen LogP contribution in [0.15, 0.2) is 48.8 Å². The monoisotopic (exact) mass is 228 g/mol. The van der Waals surface area contributed by atoms with Gasteiger partial charge in [-0.25, -0.2) is 0 Å². The number of benzene rings is 1. The Morgan fingerprint density at radius 2 is 2.00 bits per heavy atom. The fraction of sp³-hybridized carbons (Fsp3) is 0.0769. The zero-order valence-electron chi connectivity index (χ0n) is 9.13. The standard InChI is InChI=1S/C13H12N2O2/c16-12-5-3-11(4-6-12)13(17)15-9-10-2-1-7-14-8-10/h1-8,16H,9H2,(H,15,17). The summed E-state index contributed by atoms with van der Waals surface area (Å²) in [5.74, 6) is -0.0253. The molecule has 1 heterocycles. The number of nitrogens with one attached hydrogen (secondary N) is 1. The molecule has 0 saturated carbocycles. The van der Waals surface area contributed by atoms with Crippen LogP contribution in [-0.4, -0.2) is 16.0 Å². The highest BCUT2D eigenvalue weighted by Crippen LogP contribution is 2.09. The number of hydrogen-bond acceptors (Lipinski definition) is 3. The van der Waals surface area contributed by atoms with Gasteiger partial charge in [0.1, 0.15) is 5.75 Å². The molecule has 2 rings (SSSR count). The van der Waals surface area contributed by atoms with Crippen molar-refractivity contribution >= 4 is 5.91 Å². The molecule has 4 nitrogen and oxygen atoms in total. The predicted molar refractivity (Wildman–Crippen MR) is 63.5 cm³/mol. The van der Waals surface area contributed by atoms with Gasteiger partial charge in [-0.2, -0.15) is 0 Å². The van der Waals surface area contributed by atoms with E-state index in [1.807, 2.05) is 12.1 Å². The van der Waals surface area contributed by atoms with E-state index in [2.05, 4.69) is 10.3 Å². The van der Waals surface area contributed by atoms with Gasteiger partial charge in [-0.15, -0.1) is 0 Å². The second-order valence-corrected chi connectivity index (χ2v) is 3.59. The summed E-state index contributed by atoms with van der Waals surface area (Å²) in [5, 5.41) is 11.9. The van der Waals surface area contributed by atoms with Gasteiger partial charge >= 0.3 is 0 Å². The van der Waals surface area contributed by atoms with Crippen molar-refractivity contribution in [2.75, 3.05) is 0 Å². The summed E-state index contributed by atoms with van der Waals surface area (Å²) in [5.41, 5.74) is 1.46. The Hall–Kier alpha value is -2.36. The predicted octanol–water partition coefficient (Wildman–Crippen LogP) is 1.72. The highest BCUT2D eigenvalue weighted by molar-refractivity contribution is 5.94. The summed E-state index contributed by atoms with van der Waals surface area (Å²) in [6.07, 6.45) is 3.39. The van der Waals surface area contributed by atoms with E-state index in [-0.39, 0.29) is 11.7 Å². The zero-order chi connectivity index (χ0) is 12.1. The van der Waals surface area contributed by atoms with E-state index >= 15 is 0 Å². The Morgan fingerprint density at radius 3 is 2.65 bits per heavy atom. The summed E-state index contributed by atoms with van der Waals surface area (Å²) in [4.78, 5) is 15.7. The molecule has 0 aliphatic carbocycles. The van der Waals surface area contributed by atoms with Crippen molar-refractivity contribution < 1.29 is 9.90 Å². The summed E-state index contributed by atoms with van der Waals surface area (Å²) >= 11 is 0. The highest BCUT2D eigenvalue weighted by atomic mass is 16.3. The van der Waals surface area contributed by atoms with Gasteiger partial charge in [-0.3, -0.25) is 9.78 Å². The molecule has 17 heavy (non-hydrogen) atoms. The lowest BCUT2D eigenvalue weighted by atomic mass is 10.2. The van der Waals surface area contributed by atoms with E-state index in [0.29, 0.717) is 12.1 Å². The molecule has 0 unspecified atom stereocenters. The van der Waals surface area contributed by atoms with Gasteiger partial charge in [0, 0.05) is 24.5 Å². The molecule has 0 bridgehead atoms. The first-order valence-corrected chi connectivity index (χ1v) is 5.22. The number of rotatable bonds is 3. The summed E-state index contributed by atoms with van der Waals surface area (Å²) in [6, 6.07) is 9.84. The lowest BCUT2D eigenvalue weighted by molar-refractivity contribution is 0.0951. The van der Waals surface area contributed by atoms with Crippen LogP contribution in [0.4, 0.5) is 0 Å². The third-order valence-electron chi connectivity index (χ3n) is 2.31. The maximum atomic E-state index is 11.7. The zero-order valence-corrected chi connectivity index (χ0v) is 9.13. The minimum absolute atomic E-state index is 0.147. The number of aromatic hydroxyl groups is 1. The Morgan fingerprint density at radius 1 is 1.24 bits per heavy atom. The molecule has 1 amide bonds. The normalized spacial score (nSPS) is 9.88. The van der Waals surface area contributed by atoms with Crippen LogP contribution in [0.25, 0.3) is 0 Å². The topological polar surface area (TPSA) is 62.2 Å². The van der Waals surface area contributed by atoms with Crippen LogP contribution in [0.2, 0.25) is 0 Å². The average Bonchev–Trinajstić information content (AvgIpc) is 2.38. The van der Waals surface area contributed by atoms with E-state index in [1.165, 1.54) is 12.1 Å². The molecular formula is C13H12N2O2. The summed E-state index contributed by atoms with van der Waals surface area (Å²) in [7, 11) is 0. The summed E-state index contributed by atoms with van der Waals surface area (Å²) in [6.45, 7) is 0.438. The van der Waals surface area contributed by atoms with Crippen LogP contribution >= 0.6 is 0 Å². The molecule has 1 aromatic carbocycles. The van der Waals surface area contributed by atoms with E-state index in [9.17, 15) is 4.79 Å². The summed E-state index contributed by atoms with van der Waals surface area (Å²) < 4.78 is 0. The quantitative estimate of drug-likeness (QED) is 0.840. The number of carbonyl (C=O) groups excluding carboxylic acids is 1. The molecule has 0 saturated heterocycles. The molecule has 0 fully saturated rings. The van der Waals surface area contributed by atoms with Crippen molar-refractivity contribution in [3.8, 4) is 5.75 Å². The van der Waals surface area contributed by atoms with Crippen molar-refractivity contribution in [1.29, 1.82) is 0 Å². The van der Waals surface area contributed by atoms with Gasteiger partial charge < -0.3 is 10.4 Å². The van der Waals surface area contributed by atoms with Crippen molar-refractivity contribution in [1.82, 2.24) is 10.3 Å². The van der Waals surface area contributed by atoms with Crippen LogP contribution in [0.3, 0.4) is 0 Å². The van der Waals surface area contributed by atoms with Gasteiger partial charge in [-0.05, 0) is 35.9 Å². The van der Waals surface area contributed by atoms with Gasteiger partial charge in [0.05, 0.1) is 0 Å². The molecule has 2 N–H and O–H groups in total. The second kappa shape index (κ2) is 5.12. The van der Waals surface area contributed by atoms with Crippen LogP contribution in [-0.2, 0) is 6.54 Å². The molecule has 0 atom stereocenters. The molecule has 0 aliphatic heterocycles. The fourth-order valence-electron chi connectivity index (χ4n) is 1.40. The number of carbonyl (C=O) groups is 1. The van der Waals surface area contributed by atoms with E-state index in [4.69, 9.17) is 5.11 Å². The number of aromatic nitrogens is 1. The maximum Gasteiger partial charge on any atom is 0.251 e. The van der Waals surface area contributed by atoms with Crippen LogP contribution in [0.5, 0.6) is 5.75 Å². The van der Waals surface area contributed by atoms with E-state index < -0.39 is 0 Å². The Kier molecular flexibility index (Phi) is 3.35. The highest BCUT2D eigenvalue weighted by Gasteiger charge is 2.04. The van der Waals surface area contributed by atoms with Crippen LogP contribution in [0.1, 0.15) is 15.9 Å². The molecule has 0 radical (unpaired) electrons. The number of phenolic OH excluding ortho intramolecular Hbond substituents is 1. The minimum atomic E-state index is -0.172. The van der Waals surface area contributed by atoms with E-state index in [1.54, 1.807) is 24.5 Å². The maximum absolute atomic E-state index is 11.7. The largest absolute Gasteiger partial charge is 0.508 e. The van der Waals surface area contributed by atoms with Gasteiger partial charge in [0.15, 0.2) is 0 Å². The van der Waals surface area contributed by atoms with Crippen molar-refractivity contribution in [2.24, 2.45) is 0 Å². The number of nitrogens with zero attached hydrogens (tertiary/aromatic N) is 1. The van der Waals surface area contributed by atoms with E-state index in [0.717, 1.165) is 5.56 Å². The lowest BCUT2D eigenvalue weighted by Gasteiger charge is -2.04. The van der Waals surface area contributed by atoms with Crippen molar-refractivity contribution in [2.45, 2.75) is 6.54 Å². The lowest BCUT2D eigenvalue weighted by Crippen LogP contribution is -2.22. The molecule has 0 aliphatic rings. The molecule has 2 aromatic rings. The molecule has 4 heteroatoms. The number of amides is 1. The fourth-order valence-corrected chi connectivity index (χ4v) is 1.40. The average molecular weight is 228 g/mol. The molecule has 0 spiro atoms. The first-order chi connectivity index (χ1) is 8.25. The number of phenols is 1. The second-order valence-electron chi connectivity index (χ2n) is 3.59. The van der Waals surface area contributed by atoms with Crippen LogP contribution < -0.4 is 5.32 Å². The van der Waals surface area contributed by atoms with Gasteiger partial charge in [-0.1, -0.05) is 6.07 Å². The SMILES string of the molecule is O=C(NCc1cccnc1)c1ccc(O)cc1. The van der Waals surface area contributed by atoms with Crippen molar-refractivity contribution in [3.05, 3.63) is 59.9 Å². The molecular weight excluding hydrogens is 216 g/mol. The van der Waals surface area contributed by atoms with Gasteiger partial charge in [0.25, 0.3) is 5.91 Å². The minimum Gasteiger partial charge on any atom is -0.508 e. The van der Waals surface area contributed by atoms with Crippen LogP contribution in [0, 0.1) is 0 Å². The third kappa shape index (κ3) is 3.04. The number of pyridine rings is 1. The Labute approximate surface area is 98.9 Å². The molecule has 86 valence electrons. The first kappa shape index (κ1) is 11.1.